The maximum atomic E-state index is 2.32. The Morgan fingerprint density at radius 1 is 0.432 bits per heavy atom. The fraction of sp³-hybridized carbons (Fsp3) is 0.0698. The molecule has 6 aromatic carbocycles. The summed E-state index contributed by atoms with van der Waals surface area (Å²) in [6.07, 6.45) is 2.31. The Bertz CT molecular complexity index is 1780. The third-order valence-electron chi connectivity index (χ3n) is 7.95. The standard InChI is InChI=1S/C43H37N/c1-32-19-25-39(26-20-32)44(40-27-21-33(2)22-28-40)41-29-23-35(24-30-41)31-34(3)42(36-13-7-4-8-14-36)43(37-15-9-5-10-16-37)38-17-11-6-12-18-38/h4-31H,1-3H3/b34-31+. The van der Waals surface area contributed by atoms with Crippen LogP contribution in [0.15, 0.2) is 169 Å². The number of benzene rings is 6. The molecule has 0 spiro atoms. The summed E-state index contributed by atoms with van der Waals surface area (Å²) in [6.45, 7) is 6.48. The van der Waals surface area contributed by atoms with Crippen molar-refractivity contribution in [2.75, 3.05) is 4.90 Å². The van der Waals surface area contributed by atoms with Gasteiger partial charge in [-0.15, -0.1) is 0 Å². The SMILES string of the molecule is C/C(=C\c1ccc(N(c2ccc(C)cc2)c2ccc(C)cc2)cc1)C(=C(c1ccccc1)c1ccccc1)c1ccccc1. The lowest BCUT2D eigenvalue weighted by atomic mass is 9.85. The molecule has 44 heavy (non-hydrogen) atoms. The summed E-state index contributed by atoms with van der Waals surface area (Å²) in [6, 6.07) is 58.6. The molecule has 0 saturated carbocycles. The first-order chi connectivity index (χ1) is 21.6. The third-order valence-corrected chi connectivity index (χ3v) is 7.95. The van der Waals surface area contributed by atoms with Crippen LogP contribution in [0.3, 0.4) is 0 Å². The minimum Gasteiger partial charge on any atom is -0.311 e. The van der Waals surface area contributed by atoms with Gasteiger partial charge in [0, 0.05) is 17.1 Å². The molecule has 1 heteroatoms. The molecule has 0 fully saturated rings. The van der Waals surface area contributed by atoms with E-state index >= 15 is 0 Å². The maximum Gasteiger partial charge on any atom is 0.0462 e. The van der Waals surface area contributed by atoms with Crippen molar-refractivity contribution in [3.05, 3.63) is 203 Å². The predicted molar refractivity (Wildman–Crippen MR) is 189 cm³/mol. The third kappa shape index (κ3) is 6.48. The molecule has 0 saturated heterocycles. The van der Waals surface area contributed by atoms with Crippen molar-refractivity contribution in [3.63, 3.8) is 0 Å². The number of rotatable bonds is 8. The van der Waals surface area contributed by atoms with Gasteiger partial charge in [0.1, 0.15) is 0 Å². The summed E-state index contributed by atoms with van der Waals surface area (Å²) >= 11 is 0. The number of aryl methyl sites for hydroxylation is 2. The predicted octanol–water partition coefficient (Wildman–Crippen LogP) is 11.8. The zero-order valence-corrected chi connectivity index (χ0v) is 25.6. The van der Waals surface area contributed by atoms with Crippen molar-refractivity contribution >= 4 is 34.3 Å². The van der Waals surface area contributed by atoms with Gasteiger partial charge in [0.2, 0.25) is 0 Å². The van der Waals surface area contributed by atoms with Gasteiger partial charge in [0.15, 0.2) is 0 Å². The van der Waals surface area contributed by atoms with Gasteiger partial charge in [-0.1, -0.05) is 145 Å². The molecule has 0 aliphatic carbocycles. The van der Waals surface area contributed by atoms with E-state index in [1.807, 2.05) is 0 Å². The quantitative estimate of drug-likeness (QED) is 0.131. The Labute approximate surface area is 262 Å². The van der Waals surface area contributed by atoms with Crippen LogP contribution in [-0.2, 0) is 0 Å². The topological polar surface area (TPSA) is 3.24 Å². The highest BCUT2D eigenvalue weighted by atomic mass is 15.1. The van der Waals surface area contributed by atoms with E-state index in [4.69, 9.17) is 0 Å². The van der Waals surface area contributed by atoms with Gasteiger partial charge in [0.25, 0.3) is 0 Å². The largest absolute Gasteiger partial charge is 0.311 e. The van der Waals surface area contributed by atoms with Gasteiger partial charge in [-0.3, -0.25) is 0 Å². The second kappa shape index (κ2) is 13.3. The normalized spacial score (nSPS) is 11.2. The van der Waals surface area contributed by atoms with Crippen molar-refractivity contribution in [1.29, 1.82) is 0 Å². The van der Waals surface area contributed by atoms with Crippen LogP contribution in [0.2, 0.25) is 0 Å². The first-order valence-electron chi connectivity index (χ1n) is 15.2. The molecule has 6 rings (SSSR count). The lowest BCUT2D eigenvalue weighted by Gasteiger charge is -2.26. The minimum absolute atomic E-state index is 1.13. The van der Waals surface area contributed by atoms with E-state index in [9.17, 15) is 0 Å². The summed E-state index contributed by atoms with van der Waals surface area (Å²) in [4.78, 5) is 2.32. The summed E-state index contributed by atoms with van der Waals surface area (Å²) in [7, 11) is 0. The first-order valence-corrected chi connectivity index (χ1v) is 15.2. The Hall–Kier alpha value is -5.40. The Morgan fingerprint density at radius 2 is 0.795 bits per heavy atom. The molecule has 0 heterocycles. The van der Waals surface area contributed by atoms with Crippen molar-refractivity contribution in [1.82, 2.24) is 0 Å². The van der Waals surface area contributed by atoms with E-state index in [0.29, 0.717) is 0 Å². The average Bonchev–Trinajstić information content (AvgIpc) is 3.07. The Balaban J connectivity index is 1.45. The molecule has 0 radical (unpaired) electrons. The summed E-state index contributed by atoms with van der Waals surface area (Å²) in [5, 5.41) is 0. The lowest BCUT2D eigenvalue weighted by molar-refractivity contribution is 1.27. The smallest absolute Gasteiger partial charge is 0.0462 e. The molecule has 0 N–H and O–H groups in total. The van der Waals surface area contributed by atoms with E-state index in [0.717, 1.165) is 22.6 Å². The van der Waals surface area contributed by atoms with Crippen LogP contribution in [0.1, 0.15) is 40.3 Å². The van der Waals surface area contributed by atoms with Crippen molar-refractivity contribution < 1.29 is 0 Å². The molecule has 0 bridgehead atoms. The fourth-order valence-electron chi connectivity index (χ4n) is 5.72. The maximum absolute atomic E-state index is 2.32. The molecule has 214 valence electrons. The van der Waals surface area contributed by atoms with E-state index in [1.165, 1.54) is 44.5 Å². The number of allylic oxidation sites excluding steroid dienone is 2. The van der Waals surface area contributed by atoms with Crippen LogP contribution in [0.4, 0.5) is 17.1 Å². The highest BCUT2D eigenvalue weighted by molar-refractivity contribution is 6.05. The van der Waals surface area contributed by atoms with Crippen molar-refractivity contribution in [2.45, 2.75) is 20.8 Å². The second-order valence-corrected chi connectivity index (χ2v) is 11.3. The van der Waals surface area contributed by atoms with Crippen molar-refractivity contribution in [2.24, 2.45) is 0 Å². The van der Waals surface area contributed by atoms with Crippen LogP contribution in [0, 0.1) is 13.8 Å². The first kappa shape index (κ1) is 28.7. The number of hydrogen-bond acceptors (Lipinski definition) is 1. The average molecular weight is 568 g/mol. The molecule has 0 amide bonds. The highest BCUT2D eigenvalue weighted by Crippen LogP contribution is 2.38. The van der Waals surface area contributed by atoms with Gasteiger partial charge in [-0.25, -0.2) is 0 Å². The molecular formula is C43H37N. The van der Waals surface area contributed by atoms with Crippen LogP contribution < -0.4 is 4.90 Å². The zero-order chi connectivity index (χ0) is 30.3. The monoisotopic (exact) mass is 567 g/mol. The second-order valence-electron chi connectivity index (χ2n) is 11.3. The molecule has 0 atom stereocenters. The van der Waals surface area contributed by atoms with E-state index < -0.39 is 0 Å². The Morgan fingerprint density at radius 3 is 1.20 bits per heavy atom. The number of nitrogens with zero attached hydrogens (tertiary/aromatic N) is 1. The van der Waals surface area contributed by atoms with Gasteiger partial charge >= 0.3 is 0 Å². The molecule has 0 aromatic heterocycles. The van der Waals surface area contributed by atoms with E-state index in [1.54, 1.807) is 0 Å². The van der Waals surface area contributed by atoms with Crippen LogP contribution in [-0.4, -0.2) is 0 Å². The zero-order valence-electron chi connectivity index (χ0n) is 25.6. The molecule has 0 aliphatic heterocycles. The van der Waals surface area contributed by atoms with Gasteiger partial charge < -0.3 is 4.90 Å². The van der Waals surface area contributed by atoms with Crippen LogP contribution in [0.25, 0.3) is 17.2 Å². The van der Waals surface area contributed by atoms with Crippen LogP contribution >= 0.6 is 0 Å². The Kier molecular flexibility index (Phi) is 8.66. The molecule has 0 aliphatic rings. The fourth-order valence-corrected chi connectivity index (χ4v) is 5.72. The molecule has 6 aromatic rings. The number of anilines is 3. The summed E-state index contributed by atoms with van der Waals surface area (Å²) in [5.74, 6) is 0. The van der Waals surface area contributed by atoms with Crippen LogP contribution in [0.5, 0.6) is 0 Å². The molecule has 0 unspecified atom stereocenters. The molecule has 1 nitrogen and oxygen atoms in total. The van der Waals surface area contributed by atoms with Gasteiger partial charge in [0.05, 0.1) is 0 Å². The van der Waals surface area contributed by atoms with E-state index in [-0.39, 0.29) is 0 Å². The highest BCUT2D eigenvalue weighted by Gasteiger charge is 2.16. The summed E-state index contributed by atoms with van der Waals surface area (Å²) in [5.41, 5.74) is 14.3. The minimum atomic E-state index is 1.13. The van der Waals surface area contributed by atoms with Gasteiger partial charge in [-0.05, 0) is 96.1 Å². The lowest BCUT2D eigenvalue weighted by Crippen LogP contribution is -2.09. The van der Waals surface area contributed by atoms with Gasteiger partial charge in [-0.2, -0.15) is 0 Å². The number of hydrogen-bond donors (Lipinski definition) is 0. The molecular weight excluding hydrogens is 530 g/mol. The van der Waals surface area contributed by atoms with Crippen molar-refractivity contribution in [3.8, 4) is 0 Å². The summed E-state index contributed by atoms with van der Waals surface area (Å²) < 4.78 is 0. The van der Waals surface area contributed by atoms with E-state index in [2.05, 4.69) is 196 Å².